The van der Waals surface area contributed by atoms with Crippen LogP contribution in [-0.2, 0) is 18.0 Å². The van der Waals surface area contributed by atoms with Crippen molar-refractivity contribution in [3.8, 4) is 0 Å². The molecule has 0 aliphatic rings. The molecule has 0 aromatic rings. The Morgan fingerprint density at radius 3 is 1.81 bits per heavy atom. The van der Waals surface area contributed by atoms with Crippen LogP contribution in [0, 0.1) is 0 Å². The molecule has 1 amide bonds. The molecule has 0 saturated carbocycles. The van der Waals surface area contributed by atoms with E-state index in [0.29, 0.717) is 39.4 Å². The van der Waals surface area contributed by atoms with Crippen molar-refractivity contribution < 1.29 is 22.8 Å². The first-order valence-corrected chi connectivity index (χ1v) is 9.94. The molecule has 0 bridgehead atoms. The van der Waals surface area contributed by atoms with Crippen molar-refractivity contribution in [3.63, 3.8) is 0 Å². The Bertz CT molecular complexity index is 250. The normalized spacial score (nSPS) is 11.4. The summed E-state index contributed by atoms with van der Waals surface area (Å²) in [7, 11) is 0.842. The zero-order valence-electron chi connectivity index (χ0n) is 13.3. The summed E-state index contributed by atoms with van der Waals surface area (Å²) in [6.07, 6.45) is 0.296. The third kappa shape index (κ3) is 10.2. The second kappa shape index (κ2) is 13.5. The standard InChI is InChI=1S/C12H25NO5Si3/c1-5-13-11(14)15-10-9-12(19-16-6-2,20-17-7-3)21-18-8-4/h5-10H2,1-4H3,(H,13,14). The van der Waals surface area contributed by atoms with Gasteiger partial charge in [0.2, 0.25) is 29.3 Å². The van der Waals surface area contributed by atoms with Gasteiger partial charge in [0.25, 0.3) is 0 Å². The summed E-state index contributed by atoms with van der Waals surface area (Å²) >= 11 is 0. The molecule has 0 aromatic heterocycles. The highest BCUT2D eigenvalue weighted by atomic mass is 28.4. The summed E-state index contributed by atoms with van der Waals surface area (Å²) in [6.45, 7) is 10.6. The molecule has 0 aliphatic heterocycles. The maximum atomic E-state index is 11.4. The van der Waals surface area contributed by atoms with Gasteiger partial charge in [-0.15, -0.1) is 0 Å². The molecular formula is C12H25NO5Si3. The van der Waals surface area contributed by atoms with Crippen molar-refractivity contribution in [3.05, 3.63) is 0 Å². The van der Waals surface area contributed by atoms with E-state index in [1.165, 1.54) is 0 Å². The summed E-state index contributed by atoms with van der Waals surface area (Å²) in [4.78, 5) is 11.4. The fraction of sp³-hybridized carbons (Fsp3) is 0.917. The van der Waals surface area contributed by atoms with Crippen LogP contribution >= 0.6 is 0 Å². The molecule has 0 heterocycles. The summed E-state index contributed by atoms with van der Waals surface area (Å²) in [5.41, 5.74) is 0. The quantitative estimate of drug-likeness (QED) is 0.507. The molecule has 120 valence electrons. The van der Waals surface area contributed by atoms with Gasteiger partial charge in [-0.05, 0) is 34.1 Å². The Labute approximate surface area is 135 Å². The van der Waals surface area contributed by atoms with Crippen LogP contribution in [0.4, 0.5) is 4.79 Å². The van der Waals surface area contributed by atoms with Crippen LogP contribution in [0.15, 0.2) is 0 Å². The topological polar surface area (TPSA) is 66.0 Å². The third-order valence-corrected chi connectivity index (χ3v) is 7.14. The predicted molar refractivity (Wildman–Crippen MR) is 84.5 cm³/mol. The van der Waals surface area contributed by atoms with Crippen molar-refractivity contribution in [2.24, 2.45) is 0 Å². The van der Waals surface area contributed by atoms with Crippen LogP contribution in [0.3, 0.4) is 0 Å². The van der Waals surface area contributed by atoms with Gasteiger partial charge < -0.3 is 23.3 Å². The molecule has 1 N–H and O–H groups in total. The van der Waals surface area contributed by atoms with Crippen molar-refractivity contribution >= 4 is 35.4 Å². The first-order valence-electron chi connectivity index (χ1n) is 7.21. The van der Waals surface area contributed by atoms with Crippen LogP contribution in [0.25, 0.3) is 0 Å². The molecule has 6 radical (unpaired) electrons. The third-order valence-electron chi connectivity index (χ3n) is 2.20. The number of nitrogens with one attached hydrogen (secondary N) is 1. The highest BCUT2D eigenvalue weighted by molar-refractivity contribution is 6.74. The molecule has 0 aliphatic carbocycles. The lowest BCUT2D eigenvalue weighted by molar-refractivity contribution is 0.143. The minimum Gasteiger partial charge on any atom is -0.450 e. The van der Waals surface area contributed by atoms with E-state index in [2.05, 4.69) is 5.32 Å². The smallest absolute Gasteiger partial charge is 0.407 e. The Morgan fingerprint density at radius 2 is 1.43 bits per heavy atom. The second-order valence-corrected chi connectivity index (χ2v) is 9.47. The lowest BCUT2D eigenvalue weighted by Crippen LogP contribution is -2.39. The fourth-order valence-corrected chi connectivity index (χ4v) is 4.88. The number of rotatable bonds is 13. The van der Waals surface area contributed by atoms with Gasteiger partial charge in [0.1, 0.15) is 0 Å². The fourth-order valence-electron chi connectivity index (χ4n) is 1.29. The van der Waals surface area contributed by atoms with E-state index in [-0.39, 0.29) is 39.7 Å². The number of amides is 1. The Kier molecular flexibility index (Phi) is 13.3. The van der Waals surface area contributed by atoms with E-state index in [1.807, 2.05) is 27.7 Å². The number of ether oxygens (including phenoxy) is 1. The van der Waals surface area contributed by atoms with Crippen molar-refractivity contribution in [1.82, 2.24) is 5.32 Å². The maximum absolute atomic E-state index is 11.4. The zero-order valence-corrected chi connectivity index (χ0v) is 16.3. The minimum atomic E-state index is -0.384. The Balaban J connectivity index is 4.51. The summed E-state index contributed by atoms with van der Waals surface area (Å²) in [6, 6.07) is 0. The molecule has 21 heavy (non-hydrogen) atoms. The van der Waals surface area contributed by atoms with Crippen LogP contribution in [0.5, 0.6) is 0 Å². The average molecular weight is 348 g/mol. The summed E-state index contributed by atoms with van der Waals surface area (Å²) in [5, 5.41) is 2.61. The number of alkyl carbamates (subject to hydrolysis) is 1. The lowest BCUT2D eigenvalue weighted by Gasteiger charge is -2.28. The Morgan fingerprint density at radius 1 is 0.952 bits per heavy atom. The van der Waals surface area contributed by atoms with Gasteiger partial charge in [0.15, 0.2) is 0 Å². The van der Waals surface area contributed by atoms with Gasteiger partial charge in [0, 0.05) is 30.7 Å². The predicted octanol–water partition coefficient (Wildman–Crippen LogP) is 1.16. The number of carbonyl (C=O) groups is 1. The Hall–Kier alpha value is -0.199. The van der Waals surface area contributed by atoms with Gasteiger partial charge in [-0.3, -0.25) is 0 Å². The molecular weight excluding hydrogens is 322 g/mol. The molecule has 0 aromatic carbocycles. The van der Waals surface area contributed by atoms with Gasteiger partial charge in [-0.1, -0.05) is 0 Å². The van der Waals surface area contributed by atoms with Crippen molar-refractivity contribution in [2.45, 2.75) is 38.4 Å². The van der Waals surface area contributed by atoms with E-state index in [0.717, 1.165) is 0 Å². The van der Waals surface area contributed by atoms with Gasteiger partial charge >= 0.3 is 6.09 Å². The molecule has 0 saturated heterocycles. The van der Waals surface area contributed by atoms with E-state index in [4.69, 9.17) is 18.0 Å². The highest BCUT2D eigenvalue weighted by Gasteiger charge is 2.37. The van der Waals surface area contributed by atoms with Gasteiger partial charge in [0.05, 0.1) is 6.61 Å². The van der Waals surface area contributed by atoms with Crippen LogP contribution in [0.2, 0.25) is 4.28 Å². The van der Waals surface area contributed by atoms with Crippen molar-refractivity contribution in [1.29, 1.82) is 0 Å². The lowest BCUT2D eigenvalue weighted by atomic mass is 10.5. The number of carbonyl (C=O) groups excluding carboxylic acids is 1. The van der Waals surface area contributed by atoms with Gasteiger partial charge in [-0.25, -0.2) is 4.79 Å². The monoisotopic (exact) mass is 347 g/mol. The molecule has 9 heteroatoms. The van der Waals surface area contributed by atoms with Gasteiger partial charge in [-0.2, -0.15) is 0 Å². The largest absolute Gasteiger partial charge is 0.450 e. The first-order chi connectivity index (χ1) is 10.1. The zero-order chi connectivity index (χ0) is 16.0. The highest BCUT2D eigenvalue weighted by Crippen LogP contribution is 2.27. The molecule has 0 rings (SSSR count). The molecule has 6 nitrogen and oxygen atoms in total. The minimum absolute atomic E-state index is 0.200. The number of hydrogen-bond acceptors (Lipinski definition) is 5. The first kappa shape index (κ1) is 20.8. The van der Waals surface area contributed by atoms with Crippen LogP contribution in [-0.4, -0.2) is 68.4 Å². The summed E-state index contributed by atoms with van der Waals surface area (Å²) < 4.78 is 21.8. The summed E-state index contributed by atoms with van der Waals surface area (Å²) in [5.74, 6) is 0. The average Bonchev–Trinajstić information content (AvgIpc) is 2.48. The number of hydrogen-bond donors (Lipinski definition) is 1. The molecule has 0 unspecified atom stereocenters. The van der Waals surface area contributed by atoms with E-state index in [9.17, 15) is 4.79 Å². The maximum Gasteiger partial charge on any atom is 0.407 e. The van der Waals surface area contributed by atoms with E-state index in [1.54, 1.807) is 0 Å². The molecule has 0 spiro atoms. The van der Waals surface area contributed by atoms with Crippen LogP contribution < -0.4 is 5.32 Å². The SMILES string of the molecule is CCNC(=O)OCCC([Si]OCC)([Si]OCC)[Si]OCC. The van der Waals surface area contributed by atoms with E-state index >= 15 is 0 Å². The van der Waals surface area contributed by atoms with E-state index < -0.39 is 0 Å². The second-order valence-electron chi connectivity index (χ2n) is 3.93. The molecule has 0 atom stereocenters. The molecule has 0 fully saturated rings. The van der Waals surface area contributed by atoms with Crippen LogP contribution in [0.1, 0.15) is 34.1 Å². The van der Waals surface area contributed by atoms with Crippen molar-refractivity contribution in [2.75, 3.05) is 33.0 Å².